The zero-order valence-corrected chi connectivity index (χ0v) is 13.2. The summed E-state index contributed by atoms with van der Waals surface area (Å²) in [6, 6.07) is 6.57. The largest absolute Gasteiger partial charge is 0.497 e. The highest BCUT2D eigenvalue weighted by Crippen LogP contribution is 2.30. The van der Waals surface area contributed by atoms with Crippen molar-refractivity contribution < 1.29 is 4.74 Å². The number of fused-ring (bicyclic) bond motifs is 1. The average molecular weight is 287 g/mol. The van der Waals surface area contributed by atoms with Gasteiger partial charge in [-0.1, -0.05) is 13.8 Å². The van der Waals surface area contributed by atoms with Crippen LogP contribution in [0.15, 0.2) is 18.2 Å². The molecule has 0 amide bonds. The monoisotopic (exact) mass is 287 g/mol. The smallest absolute Gasteiger partial charge is 0.127 e. The molecule has 2 atom stereocenters. The fraction of sp³-hybridized carbons (Fsp3) is 0.588. The molecule has 1 aromatic carbocycles. The maximum Gasteiger partial charge on any atom is 0.127 e. The zero-order chi connectivity index (χ0) is 14.8. The van der Waals surface area contributed by atoms with Gasteiger partial charge in [-0.2, -0.15) is 0 Å². The van der Waals surface area contributed by atoms with Crippen molar-refractivity contribution in [1.82, 2.24) is 14.9 Å². The number of nitrogens with one attached hydrogen (secondary N) is 1. The molecule has 2 heterocycles. The number of rotatable bonds is 4. The number of hydrogen-bond donors (Lipinski definition) is 1. The summed E-state index contributed by atoms with van der Waals surface area (Å²) >= 11 is 0. The quantitative estimate of drug-likeness (QED) is 0.935. The van der Waals surface area contributed by atoms with E-state index in [0.29, 0.717) is 6.04 Å². The third kappa shape index (κ3) is 2.77. The van der Waals surface area contributed by atoms with E-state index in [9.17, 15) is 0 Å². The topological polar surface area (TPSA) is 39.1 Å². The molecule has 2 aromatic rings. The molecule has 4 heteroatoms. The first-order valence-electron chi connectivity index (χ1n) is 8.00. The van der Waals surface area contributed by atoms with Gasteiger partial charge < -0.3 is 14.6 Å². The Bertz CT molecular complexity index is 620. The van der Waals surface area contributed by atoms with Gasteiger partial charge >= 0.3 is 0 Å². The molecule has 1 N–H and O–H groups in total. The second-order valence-corrected chi connectivity index (χ2v) is 6.11. The second-order valence-electron chi connectivity index (χ2n) is 6.11. The van der Waals surface area contributed by atoms with Crippen LogP contribution in [0.25, 0.3) is 11.0 Å². The van der Waals surface area contributed by atoms with Crippen LogP contribution >= 0.6 is 0 Å². The molecule has 1 fully saturated rings. The van der Waals surface area contributed by atoms with Gasteiger partial charge in [0.2, 0.25) is 0 Å². The van der Waals surface area contributed by atoms with E-state index < -0.39 is 0 Å². The molecule has 0 saturated carbocycles. The number of methoxy groups -OCH3 is 1. The normalized spacial score (nSPS) is 22.6. The van der Waals surface area contributed by atoms with Crippen molar-refractivity contribution in [1.29, 1.82) is 0 Å². The van der Waals surface area contributed by atoms with Gasteiger partial charge in [-0.15, -0.1) is 0 Å². The summed E-state index contributed by atoms with van der Waals surface area (Å²) in [7, 11) is 1.70. The van der Waals surface area contributed by atoms with Gasteiger partial charge in [0.25, 0.3) is 0 Å². The van der Waals surface area contributed by atoms with Gasteiger partial charge in [-0.3, -0.25) is 0 Å². The van der Waals surface area contributed by atoms with Crippen LogP contribution in [0.1, 0.15) is 45.0 Å². The number of aryl methyl sites for hydroxylation is 1. The lowest BCUT2D eigenvalue weighted by Crippen LogP contribution is -2.32. The van der Waals surface area contributed by atoms with Crippen molar-refractivity contribution in [3.8, 4) is 5.75 Å². The van der Waals surface area contributed by atoms with Crippen molar-refractivity contribution in [3.63, 3.8) is 0 Å². The highest BCUT2D eigenvalue weighted by molar-refractivity contribution is 5.78. The molecular formula is C17H25N3O. The van der Waals surface area contributed by atoms with Crippen molar-refractivity contribution in [2.75, 3.05) is 13.7 Å². The Labute approximate surface area is 126 Å². The molecule has 0 bridgehead atoms. The van der Waals surface area contributed by atoms with Crippen molar-refractivity contribution in [3.05, 3.63) is 24.0 Å². The van der Waals surface area contributed by atoms with E-state index in [2.05, 4.69) is 29.8 Å². The predicted molar refractivity (Wildman–Crippen MR) is 85.7 cm³/mol. The minimum Gasteiger partial charge on any atom is -0.497 e. The molecule has 4 nitrogen and oxygen atoms in total. The third-order valence-electron chi connectivity index (χ3n) is 4.41. The highest BCUT2D eigenvalue weighted by Gasteiger charge is 2.25. The minimum atomic E-state index is 0.374. The number of imidazole rings is 1. The van der Waals surface area contributed by atoms with E-state index >= 15 is 0 Å². The van der Waals surface area contributed by atoms with E-state index in [0.717, 1.165) is 36.7 Å². The fourth-order valence-corrected chi connectivity index (χ4v) is 3.28. The summed E-state index contributed by atoms with van der Waals surface area (Å²) in [5, 5.41) is 3.64. The molecule has 0 aliphatic carbocycles. The van der Waals surface area contributed by atoms with Gasteiger partial charge in [-0.25, -0.2) is 4.98 Å². The number of hydrogen-bond acceptors (Lipinski definition) is 3. The Hall–Kier alpha value is -1.55. The van der Waals surface area contributed by atoms with E-state index in [1.165, 1.54) is 24.2 Å². The predicted octanol–water partition coefficient (Wildman–Crippen LogP) is 3.52. The summed E-state index contributed by atoms with van der Waals surface area (Å²) in [5.41, 5.74) is 2.26. The van der Waals surface area contributed by atoms with Crippen LogP contribution in [0.5, 0.6) is 5.75 Å². The number of benzene rings is 1. The van der Waals surface area contributed by atoms with Crippen LogP contribution in [-0.4, -0.2) is 23.2 Å². The molecule has 2 unspecified atom stereocenters. The SMILES string of the molecule is CCCn1c(C2CC(C)CCN2)nc2cc(OC)ccc21. The number of nitrogens with zero attached hydrogens (tertiary/aromatic N) is 2. The Balaban J connectivity index is 2.05. The first-order chi connectivity index (χ1) is 10.2. The average Bonchev–Trinajstić information content (AvgIpc) is 2.85. The number of ether oxygens (including phenoxy) is 1. The maximum atomic E-state index is 5.33. The van der Waals surface area contributed by atoms with E-state index in [1.807, 2.05) is 12.1 Å². The van der Waals surface area contributed by atoms with Crippen LogP contribution in [-0.2, 0) is 6.54 Å². The number of piperidine rings is 1. The number of aromatic nitrogens is 2. The molecule has 21 heavy (non-hydrogen) atoms. The summed E-state index contributed by atoms with van der Waals surface area (Å²) in [6.45, 7) is 6.66. The van der Waals surface area contributed by atoms with Crippen molar-refractivity contribution in [2.24, 2.45) is 5.92 Å². The lowest BCUT2D eigenvalue weighted by molar-refractivity contribution is 0.310. The standard InChI is InChI=1S/C17H25N3O/c1-4-9-20-16-6-5-13(21-3)11-14(16)19-17(20)15-10-12(2)7-8-18-15/h5-6,11-12,15,18H,4,7-10H2,1-3H3. The molecule has 1 aliphatic heterocycles. The van der Waals surface area contributed by atoms with Crippen LogP contribution in [0.4, 0.5) is 0 Å². The molecule has 0 radical (unpaired) electrons. The summed E-state index contributed by atoms with van der Waals surface area (Å²) in [4.78, 5) is 4.92. The fourth-order valence-electron chi connectivity index (χ4n) is 3.28. The maximum absolute atomic E-state index is 5.33. The van der Waals surface area contributed by atoms with Gasteiger partial charge in [-0.05, 0) is 43.9 Å². The lowest BCUT2D eigenvalue weighted by Gasteiger charge is -2.28. The zero-order valence-electron chi connectivity index (χ0n) is 13.2. The van der Waals surface area contributed by atoms with Crippen LogP contribution in [0.3, 0.4) is 0 Å². The van der Waals surface area contributed by atoms with Crippen LogP contribution < -0.4 is 10.1 Å². The van der Waals surface area contributed by atoms with Crippen molar-refractivity contribution >= 4 is 11.0 Å². The van der Waals surface area contributed by atoms with Gasteiger partial charge in [0, 0.05) is 12.6 Å². The molecule has 0 spiro atoms. The summed E-state index contributed by atoms with van der Waals surface area (Å²) in [6.07, 6.45) is 3.55. The van der Waals surface area contributed by atoms with Gasteiger partial charge in [0.05, 0.1) is 24.2 Å². The Morgan fingerprint density at radius 1 is 1.43 bits per heavy atom. The Kier molecular flexibility index (Phi) is 4.15. The first kappa shape index (κ1) is 14.4. The Morgan fingerprint density at radius 2 is 2.29 bits per heavy atom. The van der Waals surface area contributed by atoms with Crippen LogP contribution in [0.2, 0.25) is 0 Å². The van der Waals surface area contributed by atoms with E-state index in [1.54, 1.807) is 7.11 Å². The van der Waals surface area contributed by atoms with E-state index in [-0.39, 0.29) is 0 Å². The summed E-state index contributed by atoms with van der Waals surface area (Å²) in [5.74, 6) is 2.83. The van der Waals surface area contributed by atoms with Gasteiger partial charge in [0.15, 0.2) is 0 Å². The highest BCUT2D eigenvalue weighted by atomic mass is 16.5. The van der Waals surface area contributed by atoms with Gasteiger partial charge in [0.1, 0.15) is 11.6 Å². The molecule has 3 rings (SSSR count). The third-order valence-corrected chi connectivity index (χ3v) is 4.41. The minimum absolute atomic E-state index is 0.374. The molecule has 1 aromatic heterocycles. The lowest BCUT2D eigenvalue weighted by atomic mass is 9.94. The molecule has 1 aliphatic rings. The molecule has 114 valence electrons. The van der Waals surface area contributed by atoms with Crippen molar-refractivity contribution in [2.45, 2.75) is 45.7 Å². The Morgan fingerprint density at radius 3 is 3.00 bits per heavy atom. The molecular weight excluding hydrogens is 262 g/mol. The molecule has 1 saturated heterocycles. The van der Waals surface area contributed by atoms with Crippen LogP contribution in [0, 0.1) is 5.92 Å². The summed E-state index contributed by atoms with van der Waals surface area (Å²) < 4.78 is 7.71. The first-order valence-corrected chi connectivity index (χ1v) is 8.00. The second kappa shape index (κ2) is 6.06. The van der Waals surface area contributed by atoms with E-state index in [4.69, 9.17) is 9.72 Å².